The van der Waals surface area contributed by atoms with Gasteiger partial charge in [0.1, 0.15) is 0 Å². The molecule has 1 aromatic rings. The SMILES string of the molecule is NCCN=C1CCCCC1C(=O)NCc1ccccc1. The summed E-state index contributed by atoms with van der Waals surface area (Å²) < 4.78 is 0. The zero-order valence-electron chi connectivity index (χ0n) is 11.8. The predicted molar refractivity (Wildman–Crippen MR) is 81.6 cm³/mol. The van der Waals surface area contributed by atoms with Gasteiger partial charge in [0.25, 0.3) is 0 Å². The van der Waals surface area contributed by atoms with E-state index < -0.39 is 0 Å². The molecule has 1 atom stereocenters. The Balaban J connectivity index is 1.92. The molecule has 4 heteroatoms. The van der Waals surface area contributed by atoms with E-state index in [1.54, 1.807) is 0 Å². The molecule has 0 bridgehead atoms. The molecule has 3 N–H and O–H groups in total. The van der Waals surface area contributed by atoms with Crippen LogP contribution in [-0.4, -0.2) is 24.7 Å². The van der Waals surface area contributed by atoms with E-state index in [-0.39, 0.29) is 11.8 Å². The number of amides is 1. The number of benzene rings is 1. The summed E-state index contributed by atoms with van der Waals surface area (Å²) >= 11 is 0. The Bertz CT molecular complexity index is 456. The van der Waals surface area contributed by atoms with Crippen molar-refractivity contribution in [2.24, 2.45) is 16.6 Å². The molecule has 1 aliphatic carbocycles. The number of aliphatic imine (C=N–C) groups is 1. The van der Waals surface area contributed by atoms with Crippen molar-refractivity contribution in [2.75, 3.05) is 13.1 Å². The van der Waals surface area contributed by atoms with E-state index in [2.05, 4.69) is 10.3 Å². The summed E-state index contributed by atoms with van der Waals surface area (Å²) in [7, 11) is 0. The monoisotopic (exact) mass is 273 g/mol. The third-order valence-corrected chi connectivity index (χ3v) is 3.65. The van der Waals surface area contributed by atoms with Crippen LogP contribution in [0.3, 0.4) is 0 Å². The molecule has 0 spiro atoms. The lowest BCUT2D eigenvalue weighted by molar-refractivity contribution is -0.123. The second-order valence-corrected chi connectivity index (χ2v) is 5.16. The van der Waals surface area contributed by atoms with E-state index in [0.717, 1.165) is 37.0 Å². The Morgan fingerprint density at radius 1 is 1.30 bits per heavy atom. The number of hydrogen-bond donors (Lipinski definition) is 2. The smallest absolute Gasteiger partial charge is 0.229 e. The fraction of sp³-hybridized carbons (Fsp3) is 0.500. The topological polar surface area (TPSA) is 67.5 Å². The van der Waals surface area contributed by atoms with Gasteiger partial charge in [-0.25, -0.2) is 0 Å². The van der Waals surface area contributed by atoms with Crippen molar-refractivity contribution in [3.63, 3.8) is 0 Å². The van der Waals surface area contributed by atoms with Crippen LogP contribution >= 0.6 is 0 Å². The second kappa shape index (κ2) is 7.80. The third-order valence-electron chi connectivity index (χ3n) is 3.65. The summed E-state index contributed by atoms with van der Waals surface area (Å²) in [5.74, 6) is 0.0448. The molecule has 0 radical (unpaired) electrons. The molecular weight excluding hydrogens is 250 g/mol. The van der Waals surface area contributed by atoms with E-state index in [1.165, 1.54) is 0 Å². The Hall–Kier alpha value is -1.68. The maximum Gasteiger partial charge on any atom is 0.229 e. The van der Waals surface area contributed by atoms with Crippen LogP contribution in [0, 0.1) is 5.92 Å². The molecule has 0 saturated heterocycles. The van der Waals surface area contributed by atoms with Crippen LogP contribution in [0.2, 0.25) is 0 Å². The van der Waals surface area contributed by atoms with Gasteiger partial charge in [-0.1, -0.05) is 36.8 Å². The normalized spacial score (nSPS) is 20.9. The molecular formula is C16H23N3O. The van der Waals surface area contributed by atoms with Crippen molar-refractivity contribution in [1.82, 2.24) is 5.32 Å². The minimum absolute atomic E-state index is 0.0565. The largest absolute Gasteiger partial charge is 0.351 e. The maximum atomic E-state index is 12.3. The quantitative estimate of drug-likeness (QED) is 0.860. The van der Waals surface area contributed by atoms with Crippen molar-refractivity contribution >= 4 is 11.6 Å². The summed E-state index contributed by atoms with van der Waals surface area (Å²) in [4.78, 5) is 16.8. The van der Waals surface area contributed by atoms with Gasteiger partial charge >= 0.3 is 0 Å². The van der Waals surface area contributed by atoms with Gasteiger partial charge in [0, 0.05) is 18.8 Å². The molecule has 1 fully saturated rings. The molecule has 20 heavy (non-hydrogen) atoms. The van der Waals surface area contributed by atoms with Gasteiger partial charge in [0.2, 0.25) is 5.91 Å². The first-order valence-corrected chi connectivity index (χ1v) is 7.36. The molecule has 2 rings (SSSR count). The highest BCUT2D eigenvalue weighted by molar-refractivity contribution is 6.04. The third kappa shape index (κ3) is 4.17. The Kier molecular flexibility index (Phi) is 5.74. The van der Waals surface area contributed by atoms with Gasteiger partial charge in [-0.2, -0.15) is 0 Å². The van der Waals surface area contributed by atoms with Crippen LogP contribution < -0.4 is 11.1 Å². The number of nitrogens with two attached hydrogens (primary N) is 1. The van der Waals surface area contributed by atoms with E-state index in [9.17, 15) is 4.79 Å². The Morgan fingerprint density at radius 3 is 2.85 bits per heavy atom. The summed E-state index contributed by atoms with van der Waals surface area (Å²) in [6, 6.07) is 9.98. The van der Waals surface area contributed by atoms with Crippen LogP contribution in [0.1, 0.15) is 31.2 Å². The number of rotatable bonds is 5. The fourth-order valence-electron chi connectivity index (χ4n) is 2.58. The lowest BCUT2D eigenvalue weighted by Crippen LogP contribution is -2.37. The molecule has 0 heterocycles. The van der Waals surface area contributed by atoms with Gasteiger partial charge in [-0.3, -0.25) is 9.79 Å². The Morgan fingerprint density at radius 2 is 2.10 bits per heavy atom. The summed E-state index contributed by atoms with van der Waals surface area (Å²) in [5, 5.41) is 3.02. The van der Waals surface area contributed by atoms with E-state index >= 15 is 0 Å². The van der Waals surface area contributed by atoms with Crippen molar-refractivity contribution in [3.05, 3.63) is 35.9 Å². The molecule has 0 aliphatic heterocycles. The number of nitrogens with one attached hydrogen (secondary N) is 1. The number of nitrogens with zero attached hydrogens (tertiary/aromatic N) is 1. The second-order valence-electron chi connectivity index (χ2n) is 5.16. The molecule has 0 aromatic heterocycles. The van der Waals surface area contributed by atoms with Crippen molar-refractivity contribution in [3.8, 4) is 0 Å². The Labute approximate surface area is 120 Å². The highest BCUT2D eigenvalue weighted by Crippen LogP contribution is 2.22. The number of carbonyl (C=O) groups is 1. The van der Waals surface area contributed by atoms with E-state index in [0.29, 0.717) is 19.6 Å². The molecule has 1 saturated carbocycles. The first-order chi connectivity index (χ1) is 9.81. The highest BCUT2D eigenvalue weighted by atomic mass is 16.1. The highest BCUT2D eigenvalue weighted by Gasteiger charge is 2.26. The lowest BCUT2D eigenvalue weighted by atomic mass is 9.86. The van der Waals surface area contributed by atoms with Crippen molar-refractivity contribution in [2.45, 2.75) is 32.2 Å². The molecule has 108 valence electrons. The predicted octanol–water partition coefficient (Wildman–Crippen LogP) is 1.89. The molecule has 1 aliphatic rings. The molecule has 1 amide bonds. The van der Waals surface area contributed by atoms with E-state index in [4.69, 9.17) is 5.73 Å². The van der Waals surface area contributed by atoms with Gasteiger partial charge in [0.05, 0.1) is 12.5 Å². The molecule has 1 unspecified atom stereocenters. The zero-order valence-corrected chi connectivity index (χ0v) is 11.8. The first kappa shape index (κ1) is 14.7. The van der Waals surface area contributed by atoms with Gasteiger partial charge < -0.3 is 11.1 Å². The standard InChI is InChI=1S/C16H23N3O/c17-10-11-18-15-9-5-4-8-14(15)16(20)19-12-13-6-2-1-3-7-13/h1-3,6-7,14H,4-5,8-12,17H2,(H,19,20). The summed E-state index contributed by atoms with van der Waals surface area (Å²) in [6.07, 6.45) is 4.07. The first-order valence-electron chi connectivity index (χ1n) is 7.36. The molecule has 1 aromatic carbocycles. The van der Waals surface area contributed by atoms with E-state index in [1.807, 2.05) is 30.3 Å². The van der Waals surface area contributed by atoms with Gasteiger partial charge in [0.15, 0.2) is 0 Å². The van der Waals surface area contributed by atoms with Gasteiger partial charge in [-0.05, 0) is 24.8 Å². The minimum atomic E-state index is -0.0565. The number of hydrogen-bond acceptors (Lipinski definition) is 3. The summed E-state index contributed by atoms with van der Waals surface area (Å²) in [6.45, 7) is 1.75. The van der Waals surface area contributed by atoms with Crippen LogP contribution in [0.15, 0.2) is 35.3 Å². The summed E-state index contributed by atoms with van der Waals surface area (Å²) in [5.41, 5.74) is 7.65. The lowest BCUT2D eigenvalue weighted by Gasteiger charge is -2.23. The van der Waals surface area contributed by atoms with Crippen LogP contribution in [-0.2, 0) is 11.3 Å². The van der Waals surface area contributed by atoms with Crippen molar-refractivity contribution < 1.29 is 4.79 Å². The average Bonchev–Trinajstić information content (AvgIpc) is 2.52. The van der Waals surface area contributed by atoms with Crippen LogP contribution in [0.5, 0.6) is 0 Å². The zero-order chi connectivity index (χ0) is 14.2. The van der Waals surface area contributed by atoms with Gasteiger partial charge in [-0.15, -0.1) is 0 Å². The maximum absolute atomic E-state index is 12.3. The van der Waals surface area contributed by atoms with Crippen molar-refractivity contribution in [1.29, 1.82) is 0 Å². The minimum Gasteiger partial charge on any atom is -0.351 e. The average molecular weight is 273 g/mol. The van der Waals surface area contributed by atoms with Crippen LogP contribution in [0.25, 0.3) is 0 Å². The van der Waals surface area contributed by atoms with Crippen LogP contribution in [0.4, 0.5) is 0 Å². The number of carbonyl (C=O) groups excluding carboxylic acids is 1. The molecule has 4 nitrogen and oxygen atoms in total. The fourth-order valence-corrected chi connectivity index (χ4v) is 2.58.